The minimum atomic E-state index is 0.228. The first kappa shape index (κ1) is 13.9. The molecule has 0 heterocycles. The largest absolute Gasteiger partial charge is 0.329 e. The Hall–Kier alpha value is -0.570. The molecule has 0 aliphatic heterocycles. The Bertz CT molecular complexity index is 386. The van der Waals surface area contributed by atoms with Crippen LogP contribution in [0.15, 0.2) is 18.2 Å². The molecule has 1 aliphatic rings. The number of halogens is 1. The highest BCUT2D eigenvalue weighted by molar-refractivity contribution is 6.31. The van der Waals surface area contributed by atoms with Crippen molar-refractivity contribution in [3.8, 4) is 0 Å². The second-order valence-electron chi connectivity index (χ2n) is 5.30. The number of nitrogens with one attached hydrogen (secondary N) is 1. The van der Waals surface area contributed by atoms with Crippen LogP contribution in [0.4, 0.5) is 0 Å². The summed E-state index contributed by atoms with van der Waals surface area (Å²) in [5.74, 6) is 0. The standard InChI is InChI=1S/C15H23ClN2/c1-11-7-8-12(9-14(11)16)15(10-17)18-13-5-3-2-4-6-13/h7-9,13,15,18H,2-6,10,17H2,1H3. The van der Waals surface area contributed by atoms with Gasteiger partial charge < -0.3 is 11.1 Å². The smallest absolute Gasteiger partial charge is 0.0447 e. The van der Waals surface area contributed by atoms with Crippen LogP contribution in [0.3, 0.4) is 0 Å². The summed E-state index contributed by atoms with van der Waals surface area (Å²) in [5, 5.41) is 4.51. The number of hydrogen-bond acceptors (Lipinski definition) is 2. The van der Waals surface area contributed by atoms with Gasteiger partial charge >= 0.3 is 0 Å². The van der Waals surface area contributed by atoms with Gasteiger partial charge in [-0.25, -0.2) is 0 Å². The van der Waals surface area contributed by atoms with E-state index in [-0.39, 0.29) is 6.04 Å². The predicted octanol–water partition coefficient (Wildman–Crippen LogP) is 3.57. The van der Waals surface area contributed by atoms with Gasteiger partial charge in [-0.1, -0.05) is 43.0 Å². The molecule has 1 aromatic carbocycles. The molecule has 1 saturated carbocycles. The molecule has 1 atom stereocenters. The van der Waals surface area contributed by atoms with Crippen molar-refractivity contribution < 1.29 is 0 Å². The van der Waals surface area contributed by atoms with E-state index < -0.39 is 0 Å². The molecule has 1 fully saturated rings. The van der Waals surface area contributed by atoms with Crippen molar-refractivity contribution in [2.24, 2.45) is 5.73 Å². The van der Waals surface area contributed by atoms with E-state index >= 15 is 0 Å². The summed E-state index contributed by atoms with van der Waals surface area (Å²) in [6, 6.07) is 7.10. The summed E-state index contributed by atoms with van der Waals surface area (Å²) in [5.41, 5.74) is 8.23. The Morgan fingerprint density at radius 3 is 2.67 bits per heavy atom. The van der Waals surface area contributed by atoms with E-state index in [1.807, 2.05) is 13.0 Å². The zero-order valence-electron chi connectivity index (χ0n) is 11.1. The van der Waals surface area contributed by atoms with Crippen molar-refractivity contribution in [3.63, 3.8) is 0 Å². The maximum absolute atomic E-state index is 6.19. The van der Waals surface area contributed by atoms with E-state index in [1.165, 1.54) is 37.7 Å². The van der Waals surface area contributed by atoms with Crippen molar-refractivity contribution in [1.82, 2.24) is 5.32 Å². The lowest BCUT2D eigenvalue weighted by Crippen LogP contribution is -2.37. The Labute approximate surface area is 115 Å². The molecule has 18 heavy (non-hydrogen) atoms. The van der Waals surface area contributed by atoms with E-state index in [0.29, 0.717) is 12.6 Å². The number of benzene rings is 1. The molecule has 0 amide bonds. The van der Waals surface area contributed by atoms with Crippen molar-refractivity contribution in [2.45, 2.75) is 51.1 Å². The summed E-state index contributed by atoms with van der Waals surface area (Å²) in [4.78, 5) is 0. The van der Waals surface area contributed by atoms with E-state index in [4.69, 9.17) is 17.3 Å². The van der Waals surface area contributed by atoms with Crippen LogP contribution in [0.25, 0.3) is 0 Å². The molecule has 100 valence electrons. The van der Waals surface area contributed by atoms with Crippen molar-refractivity contribution in [1.29, 1.82) is 0 Å². The van der Waals surface area contributed by atoms with Crippen LogP contribution in [0, 0.1) is 6.92 Å². The normalized spacial score (nSPS) is 18.8. The quantitative estimate of drug-likeness (QED) is 0.874. The van der Waals surface area contributed by atoms with Crippen molar-refractivity contribution in [3.05, 3.63) is 34.3 Å². The van der Waals surface area contributed by atoms with E-state index in [2.05, 4.69) is 17.4 Å². The number of rotatable bonds is 4. The molecule has 0 bridgehead atoms. The number of hydrogen-bond donors (Lipinski definition) is 2. The van der Waals surface area contributed by atoms with Gasteiger partial charge in [0, 0.05) is 23.7 Å². The van der Waals surface area contributed by atoms with Gasteiger partial charge in [0.1, 0.15) is 0 Å². The molecular formula is C15H23ClN2. The second kappa shape index (κ2) is 6.55. The first-order valence-corrected chi connectivity index (χ1v) is 7.30. The summed E-state index contributed by atoms with van der Waals surface area (Å²) in [6.07, 6.45) is 6.60. The lowest BCUT2D eigenvalue weighted by Gasteiger charge is -2.28. The fourth-order valence-electron chi connectivity index (χ4n) is 2.68. The van der Waals surface area contributed by atoms with E-state index in [0.717, 1.165) is 10.6 Å². The summed E-state index contributed by atoms with van der Waals surface area (Å²) >= 11 is 6.19. The van der Waals surface area contributed by atoms with Crippen LogP contribution in [-0.4, -0.2) is 12.6 Å². The average molecular weight is 267 g/mol. The van der Waals surface area contributed by atoms with Gasteiger partial charge in [0.2, 0.25) is 0 Å². The van der Waals surface area contributed by atoms with Crippen LogP contribution in [0.5, 0.6) is 0 Å². The molecule has 1 aliphatic carbocycles. The van der Waals surface area contributed by atoms with Crippen molar-refractivity contribution >= 4 is 11.6 Å². The van der Waals surface area contributed by atoms with E-state index in [1.54, 1.807) is 0 Å². The van der Waals surface area contributed by atoms with Crippen LogP contribution in [0.2, 0.25) is 5.02 Å². The predicted molar refractivity (Wildman–Crippen MR) is 78.0 cm³/mol. The maximum Gasteiger partial charge on any atom is 0.0447 e. The zero-order valence-corrected chi connectivity index (χ0v) is 11.8. The summed E-state index contributed by atoms with van der Waals surface area (Å²) in [6.45, 7) is 2.65. The Morgan fingerprint density at radius 1 is 1.33 bits per heavy atom. The highest BCUT2D eigenvalue weighted by Crippen LogP contribution is 2.24. The first-order valence-electron chi connectivity index (χ1n) is 6.93. The molecular weight excluding hydrogens is 244 g/mol. The van der Waals surface area contributed by atoms with Crippen LogP contribution < -0.4 is 11.1 Å². The molecule has 0 saturated heterocycles. The van der Waals surface area contributed by atoms with Crippen LogP contribution in [-0.2, 0) is 0 Å². The van der Waals surface area contributed by atoms with Gasteiger partial charge in [-0.3, -0.25) is 0 Å². The molecule has 2 rings (SSSR count). The molecule has 0 aromatic heterocycles. The fraction of sp³-hybridized carbons (Fsp3) is 0.600. The molecule has 1 unspecified atom stereocenters. The van der Waals surface area contributed by atoms with Gasteiger partial charge in [-0.05, 0) is 37.0 Å². The lowest BCUT2D eigenvalue weighted by molar-refractivity contribution is 0.340. The monoisotopic (exact) mass is 266 g/mol. The lowest BCUT2D eigenvalue weighted by atomic mass is 9.94. The third-order valence-corrected chi connectivity index (χ3v) is 4.28. The van der Waals surface area contributed by atoms with Gasteiger partial charge in [0.05, 0.1) is 0 Å². The summed E-state index contributed by atoms with van der Waals surface area (Å²) in [7, 11) is 0. The molecule has 2 nitrogen and oxygen atoms in total. The van der Waals surface area contributed by atoms with Gasteiger partial charge in [-0.2, -0.15) is 0 Å². The molecule has 0 radical (unpaired) electrons. The minimum Gasteiger partial charge on any atom is -0.329 e. The second-order valence-corrected chi connectivity index (χ2v) is 5.71. The van der Waals surface area contributed by atoms with Crippen LogP contribution >= 0.6 is 11.6 Å². The fourth-order valence-corrected chi connectivity index (χ4v) is 2.87. The third kappa shape index (κ3) is 3.47. The van der Waals surface area contributed by atoms with Gasteiger partial charge in [0.15, 0.2) is 0 Å². The third-order valence-electron chi connectivity index (χ3n) is 3.88. The highest BCUT2D eigenvalue weighted by Gasteiger charge is 2.18. The SMILES string of the molecule is Cc1ccc(C(CN)NC2CCCCC2)cc1Cl. The Kier molecular flexibility index (Phi) is 5.04. The molecule has 3 heteroatoms. The highest BCUT2D eigenvalue weighted by atomic mass is 35.5. The molecule has 3 N–H and O–H groups in total. The average Bonchev–Trinajstić information content (AvgIpc) is 2.40. The van der Waals surface area contributed by atoms with Gasteiger partial charge in [0.25, 0.3) is 0 Å². The minimum absolute atomic E-state index is 0.228. The first-order chi connectivity index (χ1) is 8.70. The topological polar surface area (TPSA) is 38.0 Å². The molecule has 1 aromatic rings. The number of nitrogens with two attached hydrogens (primary N) is 1. The van der Waals surface area contributed by atoms with Gasteiger partial charge in [-0.15, -0.1) is 0 Å². The zero-order chi connectivity index (χ0) is 13.0. The Morgan fingerprint density at radius 2 is 2.06 bits per heavy atom. The summed E-state index contributed by atoms with van der Waals surface area (Å²) < 4.78 is 0. The molecule has 0 spiro atoms. The van der Waals surface area contributed by atoms with Crippen LogP contribution in [0.1, 0.15) is 49.3 Å². The maximum atomic E-state index is 6.19. The van der Waals surface area contributed by atoms with E-state index in [9.17, 15) is 0 Å². The Balaban J connectivity index is 2.04. The number of aryl methyl sites for hydroxylation is 1. The van der Waals surface area contributed by atoms with Crippen molar-refractivity contribution in [2.75, 3.05) is 6.54 Å².